The summed E-state index contributed by atoms with van der Waals surface area (Å²) >= 11 is 0. The van der Waals surface area contributed by atoms with E-state index in [0.29, 0.717) is 0 Å². The molecule has 0 saturated heterocycles. The lowest BCUT2D eigenvalue weighted by Crippen LogP contribution is -2.44. The summed E-state index contributed by atoms with van der Waals surface area (Å²) in [5.74, 6) is -4.67. The van der Waals surface area contributed by atoms with E-state index in [-0.39, 0.29) is 5.56 Å². The number of hydrogen-bond acceptors (Lipinski definition) is 3. The van der Waals surface area contributed by atoms with Crippen molar-refractivity contribution in [3.05, 3.63) is 29.3 Å². The van der Waals surface area contributed by atoms with Crippen LogP contribution in [0.15, 0.2) is 12.1 Å². The molecular weight excluding hydrogens is 290 g/mol. The van der Waals surface area contributed by atoms with Crippen molar-refractivity contribution >= 4 is 23.7 Å². The zero-order valence-electron chi connectivity index (χ0n) is 10.8. The van der Waals surface area contributed by atoms with Gasteiger partial charge in [-0.3, -0.25) is 4.79 Å². The van der Waals surface area contributed by atoms with Gasteiger partial charge in [0.05, 0.1) is 12.1 Å². The molecule has 0 spiro atoms. The normalized spacial score (nSPS) is 11.6. The summed E-state index contributed by atoms with van der Waals surface area (Å²) in [6.07, 6.45) is -0.854. The molecule has 0 aliphatic carbocycles. The summed E-state index contributed by atoms with van der Waals surface area (Å²) in [6.45, 7) is 1.33. The number of anilines is 1. The third-order valence-electron chi connectivity index (χ3n) is 2.48. The van der Waals surface area contributed by atoms with Crippen LogP contribution in [-0.2, 0) is 9.59 Å². The van der Waals surface area contributed by atoms with Crippen LogP contribution in [0.3, 0.4) is 0 Å². The molecule has 7 nitrogen and oxygen atoms in total. The minimum Gasteiger partial charge on any atom is -0.481 e. The molecule has 0 fully saturated rings. The summed E-state index contributed by atoms with van der Waals surface area (Å²) in [4.78, 5) is 32.7. The first-order valence-electron chi connectivity index (χ1n) is 5.68. The van der Waals surface area contributed by atoms with E-state index in [1.54, 1.807) is 0 Å². The molecule has 0 bridgehead atoms. The average molecular weight is 302 g/mol. The van der Waals surface area contributed by atoms with Crippen molar-refractivity contribution in [2.45, 2.75) is 19.4 Å². The summed E-state index contributed by atoms with van der Waals surface area (Å²) in [5.41, 5.74) is -0.456. The maximum Gasteiger partial charge on any atom is 0.326 e. The van der Waals surface area contributed by atoms with E-state index in [1.165, 1.54) is 6.92 Å². The number of amides is 2. The number of aliphatic carboxylic acids is 2. The van der Waals surface area contributed by atoms with Crippen molar-refractivity contribution in [2.24, 2.45) is 0 Å². The number of carbonyl (C=O) groups excluding carboxylic acids is 1. The highest BCUT2D eigenvalue weighted by atomic mass is 19.1. The predicted molar refractivity (Wildman–Crippen MR) is 66.9 cm³/mol. The largest absolute Gasteiger partial charge is 0.481 e. The zero-order chi connectivity index (χ0) is 16.2. The number of hydrogen-bond donors (Lipinski definition) is 4. The molecule has 9 heteroatoms. The standard InChI is InChI=1S/C12H12F2N2O5/c1-5-2-7(14)8(3-6(5)13)15-12(21)16-9(11(19)20)4-10(17)18/h2-3,9H,4H2,1H3,(H,17,18)(H,19,20)(H2,15,16,21). The number of nitrogens with one attached hydrogen (secondary N) is 2. The second-order valence-corrected chi connectivity index (χ2v) is 4.17. The van der Waals surface area contributed by atoms with Crippen LogP contribution < -0.4 is 10.6 Å². The lowest BCUT2D eigenvalue weighted by molar-refractivity contribution is -0.145. The molecule has 1 aromatic carbocycles. The average Bonchev–Trinajstić information content (AvgIpc) is 2.34. The van der Waals surface area contributed by atoms with Crippen LogP contribution in [0.4, 0.5) is 19.3 Å². The van der Waals surface area contributed by atoms with E-state index in [9.17, 15) is 23.2 Å². The van der Waals surface area contributed by atoms with Crippen LogP contribution in [0.25, 0.3) is 0 Å². The molecule has 21 heavy (non-hydrogen) atoms. The molecule has 1 atom stereocenters. The minimum absolute atomic E-state index is 0.0350. The molecule has 1 rings (SSSR count). The number of carboxylic acid groups (broad SMARTS) is 2. The van der Waals surface area contributed by atoms with Crippen LogP contribution >= 0.6 is 0 Å². The van der Waals surface area contributed by atoms with E-state index in [1.807, 2.05) is 10.6 Å². The number of carboxylic acids is 2. The molecule has 1 aromatic rings. The lowest BCUT2D eigenvalue weighted by Gasteiger charge is -2.14. The fraction of sp³-hybridized carbons (Fsp3) is 0.250. The van der Waals surface area contributed by atoms with Gasteiger partial charge in [0.15, 0.2) is 0 Å². The number of aryl methyl sites for hydroxylation is 1. The van der Waals surface area contributed by atoms with E-state index in [0.717, 1.165) is 12.1 Å². The third kappa shape index (κ3) is 4.71. The van der Waals surface area contributed by atoms with Gasteiger partial charge in [0.2, 0.25) is 0 Å². The Bertz CT molecular complexity index is 591. The number of rotatable bonds is 5. The monoisotopic (exact) mass is 302 g/mol. The van der Waals surface area contributed by atoms with Gasteiger partial charge >= 0.3 is 18.0 Å². The topological polar surface area (TPSA) is 116 Å². The molecule has 114 valence electrons. The first kappa shape index (κ1) is 16.3. The van der Waals surface area contributed by atoms with Gasteiger partial charge in [-0.05, 0) is 18.6 Å². The number of benzene rings is 1. The predicted octanol–water partition coefficient (Wildman–Crippen LogP) is 1.32. The van der Waals surface area contributed by atoms with Gasteiger partial charge in [0, 0.05) is 6.07 Å². The summed E-state index contributed by atoms with van der Waals surface area (Å²) in [6, 6.07) is -1.26. The van der Waals surface area contributed by atoms with Crippen molar-refractivity contribution in [3.8, 4) is 0 Å². The van der Waals surface area contributed by atoms with E-state index < -0.39 is 47.8 Å². The second kappa shape index (κ2) is 6.64. The van der Waals surface area contributed by atoms with Crippen LogP contribution in [0, 0.1) is 18.6 Å². The van der Waals surface area contributed by atoms with Crippen LogP contribution in [0.5, 0.6) is 0 Å². The van der Waals surface area contributed by atoms with Gasteiger partial charge in [0.25, 0.3) is 0 Å². The molecule has 0 heterocycles. The van der Waals surface area contributed by atoms with Crippen LogP contribution in [0.2, 0.25) is 0 Å². The Morgan fingerprint density at radius 1 is 1.19 bits per heavy atom. The van der Waals surface area contributed by atoms with Crippen molar-refractivity contribution in [1.82, 2.24) is 5.32 Å². The molecule has 0 aromatic heterocycles. The Morgan fingerprint density at radius 3 is 2.33 bits per heavy atom. The van der Waals surface area contributed by atoms with Gasteiger partial charge in [-0.2, -0.15) is 0 Å². The Balaban J connectivity index is 2.79. The molecule has 0 aliphatic heterocycles. The molecule has 0 aliphatic rings. The number of halogens is 2. The fourth-order valence-corrected chi connectivity index (χ4v) is 1.43. The van der Waals surface area contributed by atoms with E-state index in [4.69, 9.17) is 10.2 Å². The maximum absolute atomic E-state index is 13.5. The third-order valence-corrected chi connectivity index (χ3v) is 2.48. The van der Waals surface area contributed by atoms with Gasteiger partial charge in [-0.15, -0.1) is 0 Å². The Morgan fingerprint density at radius 2 is 1.81 bits per heavy atom. The minimum atomic E-state index is -1.69. The van der Waals surface area contributed by atoms with Crippen molar-refractivity contribution in [1.29, 1.82) is 0 Å². The quantitative estimate of drug-likeness (QED) is 0.654. The Labute approximate surface area is 117 Å². The molecular formula is C12H12F2N2O5. The van der Waals surface area contributed by atoms with Gasteiger partial charge < -0.3 is 20.8 Å². The maximum atomic E-state index is 13.5. The molecule has 0 radical (unpaired) electrons. The molecule has 4 N–H and O–H groups in total. The summed E-state index contributed by atoms with van der Waals surface area (Å²) < 4.78 is 26.7. The fourth-order valence-electron chi connectivity index (χ4n) is 1.43. The molecule has 0 saturated carbocycles. The van der Waals surface area contributed by atoms with Crippen molar-refractivity contribution < 1.29 is 33.4 Å². The van der Waals surface area contributed by atoms with Gasteiger partial charge in [-0.1, -0.05) is 0 Å². The van der Waals surface area contributed by atoms with E-state index >= 15 is 0 Å². The SMILES string of the molecule is Cc1cc(F)c(NC(=O)NC(CC(=O)O)C(=O)O)cc1F. The first-order chi connectivity index (χ1) is 9.70. The Kier molecular flexibility index (Phi) is 5.17. The van der Waals surface area contributed by atoms with Crippen LogP contribution in [-0.4, -0.2) is 34.2 Å². The highest BCUT2D eigenvalue weighted by Gasteiger charge is 2.23. The smallest absolute Gasteiger partial charge is 0.326 e. The van der Waals surface area contributed by atoms with Crippen LogP contribution in [0.1, 0.15) is 12.0 Å². The molecule has 2 amide bonds. The van der Waals surface area contributed by atoms with Gasteiger partial charge in [-0.25, -0.2) is 18.4 Å². The first-order valence-corrected chi connectivity index (χ1v) is 5.68. The summed E-state index contributed by atoms with van der Waals surface area (Å²) in [5, 5.41) is 21.0. The lowest BCUT2D eigenvalue weighted by atomic mass is 10.2. The second-order valence-electron chi connectivity index (χ2n) is 4.17. The van der Waals surface area contributed by atoms with Crippen molar-refractivity contribution in [2.75, 3.05) is 5.32 Å². The van der Waals surface area contributed by atoms with Gasteiger partial charge in [0.1, 0.15) is 17.7 Å². The zero-order valence-corrected chi connectivity index (χ0v) is 10.8. The molecule has 1 unspecified atom stereocenters. The van der Waals surface area contributed by atoms with Crippen molar-refractivity contribution in [3.63, 3.8) is 0 Å². The van der Waals surface area contributed by atoms with E-state index in [2.05, 4.69) is 0 Å². The Hall–Kier alpha value is -2.71. The number of carbonyl (C=O) groups is 3. The highest BCUT2D eigenvalue weighted by Crippen LogP contribution is 2.18. The highest BCUT2D eigenvalue weighted by molar-refractivity contribution is 5.93. The summed E-state index contributed by atoms with van der Waals surface area (Å²) in [7, 11) is 0. The number of urea groups is 1.